The van der Waals surface area contributed by atoms with E-state index in [-0.39, 0.29) is 5.41 Å². The van der Waals surface area contributed by atoms with E-state index in [1.54, 1.807) is 0 Å². The van der Waals surface area contributed by atoms with Gasteiger partial charge in [0.2, 0.25) is 5.91 Å². The SMILES string of the molecule is CC(C)(C)CC(=O)N1CCN(CC2CC2)CC1. The van der Waals surface area contributed by atoms with Gasteiger partial charge in [-0.15, -0.1) is 0 Å². The van der Waals surface area contributed by atoms with Crippen LogP contribution in [0, 0.1) is 11.3 Å². The molecule has 1 heterocycles. The van der Waals surface area contributed by atoms with Gasteiger partial charge in [0.15, 0.2) is 0 Å². The number of nitrogens with zero attached hydrogens (tertiary/aromatic N) is 2. The van der Waals surface area contributed by atoms with Crippen LogP contribution in [0.5, 0.6) is 0 Å². The van der Waals surface area contributed by atoms with E-state index in [2.05, 4.69) is 30.6 Å². The van der Waals surface area contributed by atoms with Gasteiger partial charge in [0, 0.05) is 39.1 Å². The molecule has 0 N–H and O–H groups in total. The van der Waals surface area contributed by atoms with E-state index < -0.39 is 0 Å². The molecule has 1 amide bonds. The van der Waals surface area contributed by atoms with E-state index in [9.17, 15) is 4.79 Å². The van der Waals surface area contributed by atoms with Crippen molar-refractivity contribution in [2.75, 3.05) is 32.7 Å². The fourth-order valence-corrected chi connectivity index (χ4v) is 2.41. The summed E-state index contributed by atoms with van der Waals surface area (Å²) in [5, 5.41) is 0. The molecule has 0 spiro atoms. The van der Waals surface area contributed by atoms with Gasteiger partial charge in [-0.05, 0) is 24.2 Å². The van der Waals surface area contributed by atoms with Crippen molar-refractivity contribution < 1.29 is 4.79 Å². The van der Waals surface area contributed by atoms with Gasteiger partial charge in [-0.2, -0.15) is 0 Å². The fraction of sp³-hybridized carbons (Fsp3) is 0.929. The molecule has 0 atom stereocenters. The van der Waals surface area contributed by atoms with Crippen LogP contribution in [0.25, 0.3) is 0 Å². The lowest BCUT2D eigenvalue weighted by atomic mass is 9.91. The number of piperazine rings is 1. The van der Waals surface area contributed by atoms with Crippen molar-refractivity contribution in [3.63, 3.8) is 0 Å². The van der Waals surface area contributed by atoms with Crippen LogP contribution in [0.15, 0.2) is 0 Å². The smallest absolute Gasteiger partial charge is 0.223 e. The molecule has 98 valence electrons. The van der Waals surface area contributed by atoms with Gasteiger partial charge in [-0.1, -0.05) is 20.8 Å². The van der Waals surface area contributed by atoms with Crippen LogP contribution in [-0.4, -0.2) is 48.4 Å². The average molecular weight is 238 g/mol. The summed E-state index contributed by atoms with van der Waals surface area (Å²) in [7, 11) is 0. The van der Waals surface area contributed by atoms with Gasteiger partial charge in [-0.3, -0.25) is 9.69 Å². The molecule has 3 nitrogen and oxygen atoms in total. The first-order chi connectivity index (χ1) is 7.94. The van der Waals surface area contributed by atoms with Crippen LogP contribution in [-0.2, 0) is 4.79 Å². The number of hydrogen-bond acceptors (Lipinski definition) is 2. The maximum absolute atomic E-state index is 12.1. The van der Waals surface area contributed by atoms with E-state index >= 15 is 0 Å². The maximum atomic E-state index is 12.1. The van der Waals surface area contributed by atoms with Gasteiger partial charge in [-0.25, -0.2) is 0 Å². The second-order valence-electron chi connectivity index (χ2n) is 6.86. The highest BCUT2D eigenvalue weighted by Gasteiger charge is 2.28. The minimum atomic E-state index is 0.113. The van der Waals surface area contributed by atoms with Crippen molar-refractivity contribution in [2.45, 2.75) is 40.0 Å². The van der Waals surface area contributed by atoms with Gasteiger partial charge >= 0.3 is 0 Å². The molecule has 1 aliphatic heterocycles. The third kappa shape index (κ3) is 4.30. The second-order valence-corrected chi connectivity index (χ2v) is 6.86. The van der Waals surface area contributed by atoms with E-state index in [1.165, 1.54) is 19.4 Å². The third-order valence-electron chi connectivity index (χ3n) is 3.62. The molecule has 1 saturated carbocycles. The van der Waals surface area contributed by atoms with Crippen LogP contribution in [0.3, 0.4) is 0 Å². The van der Waals surface area contributed by atoms with E-state index in [0.717, 1.165) is 32.1 Å². The number of rotatable bonds is 3. The monoisotopic (exact) mass is 238 g/mol. The molecule has 1 aliphatic carbocycles. The molecular formula is C14H26N2O. The molecule has 2 rings (SSSR count). The van der Waals surface area contributed by atoms with Crippen molar-refractivity contribution >= 4 is 5.91 Å². The zero-order valence-corrected chi connectivity index (χ0v) is 11.5. The molecule has 0 aromatic carbocycles. The maximum Gasteiger partial charge on any atom is 0.223 e. The van der Waals surface area contributed by atoms with Gasteiger partial charge in [0.05, 0.1) is 0 Å². The topological polar surface area (TPSA) is 23.6 Å². The molecule has 0 radical (unpaired) electrons. The summed E-state index contributed by atoms with van der Waals surface area (Å²) >= 11 is 0. The van der Waals surface area contributed by atoms with Crippen LogP contribution in [0.4, 0.5) is 0 Å². The largest absolute Gasteiger partial charge is 0.340 e. The van der Waals surface area contributed by atoms with E-state index in [1.807, 2.05) is 0 Å². The Morgan fingerprint density at radius 1 is 1.12 bits per heavy atom. The van der Waals surface area contributed by atoms with Crippen molar-refractivity contribution in [3.8, 4) is 0 Å². The van der Waals surface area contributed by atoms with Crippen LogP contribution < -0.4 is 0 Å². The zero-order valence-electron chi connectivity index (χ0n) is 11.5. The highest BCUT2D eigenvalue weighted by atomic mass is 16.2. The highest BCUT2D eigenvalue weighted by molar-refractivity contribution is 5.76. The van der Waals surface area contributed by atoms with Crippen molar-refractivity contribution in [2.24, 2.45) is 11.3 Å². The normalized spacial score (nSPS) is 22.9. The molecule has 1 saturated heterocycles. The van der Waals surface area contributed by atoms with E-state index in [4.69, 9.17) is 0 Å². The lowest BCUT2D eigenvalue weighted by Gasteiger charge is -2.36. The zero-order chi connectivity index (χ0) is 12.5. The minimum Gasteiger partial charge on any atom is -0.340 e. The summed E-state index contributed by atoms with van der Waals surface area (Å²) in [6, 6.07) is 0. The predicted octanol–water partition coefficient (Wildman–Crippen LogP) is 1.98. The van der Waals surface area contributed by atoms with Gasteiger partial charge in [0.1, 0.15) is 0 Å². The number of amides is 1. The Morgan fingerprint density at radius 3 is 2.18 bits per heavy atom. The second kappa shape index (κ2) is 4.97. The average Bonchev–Trinajstić information content (AvgIpc) is 3.00. The Balaban J connectivity index is 1.72. The molecular weight excluding hydrogens is 212 g/mol. The number of carbonyl (C=O) groups is 1. The van der Waals surface area contributed by atoms with Gasteiger partial charge in [0.25, 0.3) is 0 Å². The number of carbonyl (C=O) groups excluding carboxylic acids is 1. The summed E-state index contributed by atoms with van der Waals surface area (Å²) in [6.45, 7) is 11.7. The summed E-state index contributed by atoms with van der Waals surface area (Å²) in [5.74, 6) is 1.30. The molecule has 0 unspecified atom stereocenters. The molecule has 17 heavy (non-hydrogen) atoms. The fourth-order valence-electron chi connectivity index (χ4n) is 2.41. The lowest BCUT2D eigenvalue weighted by molar-refractivity contribution is -0.134. The van der Waals surface area contributed by atoms with Crippen molar-refractivity contribution in [1.29, 1.82) is 0 Å². The number of hydrogen-bond donors (Lipinski definition) is 0. The molecule has 2 aliphatic rings. The Morgan fingerprint density at radius 2 is 1.71 bits per heavy atom. The van der Waals surface area contributed by atoms with Crippen molar-refractivity contribution in [1.82, 2.24) is 9.80 Å². The predicted molar refractivity (Wildman–Crippen MR) is 69.8 cm³/mol. The summed E-state index contributed by atoms with van der Waals surface area (Å²) < 4.78 is 0. The quantitative estimate of drug-likeness (QED) is 0.750. The first-order valence-electron chi connectivity index (χ1n) is 6.94. The highest BCUT2D eigenvalue weighted by Crippen LogP contribution is 2.30. The summed E-state index contributed by atoms with van der Waals surface area (Å²) in [5.41, 5.74) is 0.113. The Hall–Kier alpha value is -0.570. The third-order valence-corrected chi connectivity index (χ3v) is 3.62. The van der Waals surface area contributed by atoms with Crippen LogP contribution >= 0.6 is 0 Å². The first-order valence-corrected chi connectivity index (χ1v) is 6.94. The molecule has 0 aromatic rings. The Labute approximate surface area is 105 Å². The Bertz CT molecular complexity index is 270. The summed E-state index contributed by atoms with van der Waals surface area (Å²) in [4.78, 5) is 16.6. The minimum absolute atomic E-state index is 0.113. The molecule has 2 fully saturated rings. The first kappa shape index (κ1) is 12.9. The Kier molecular flexibility index (Phi) is 3.76. The summed E-state index contributed by atoms with van der Waals surface area (Å²) in [6.07, 6.45) is 3.52. The molecule has 3 heteroatoms. The van der Waals surface area contributed by atoms with Gasteiger partial charge < -0.3 is 4.90 Å². The van der Waals surface area contributed by atoms with Crippen LogP contribution in [0.2, 0.25) is 0 Å². The van der Waals surface area contributed by atoms with E-state index in [0.29, 0.717) is 12.3 Å². The lowest BCUT2D eigenvalue weighted by Crippen LogP contribution is -2.49. The molecule has 0 bridgehead atoms. The van der Waals surface area contributed by atoms with Crippen molar-refractivity contribution in [3.05, 3.63) is 0 Å². The molecule has 0 aromatic heterocycles. The standard InChI is InChI=1S/C14H26N2O/c1-14(2,3)10-13(17)16-8-6-15(7-9-16)11-12-4-5-12/h12H,4-11H2,1-3H3. The van der Waals surface area contributed by atoms with Crippen LogP contribution in [0.1, 0.15) is 40.0 Å².